The van der Waals surface area contributed by atoms with Crippen LogP contribution in [0.5, 0.6) is 0 Å². The number of thiazole rings is 1. The van der Waals surface area contributed by atoms with Gasteiger partial charge in [-0.2, -0.15) is 11.3 Å². The number of amides is 1. The molecule has 0 saturated carbocycles. The molecule has 2 N–H and O–H groups in total. The van der Waals surface area contributed by atoms with Gasteiger partial charge < -0.3 is 10.4 Å². The van der Waals surface area contributed by atoms with Crippen molar-refractivity contribution in [2.45, 2.75) is 26.7 Å². The monoisotopic (exact) mass is 324 g/mol. The summed E-state index contributed by atoms with van der Waals surface area (Å²) in [4.78, 5) is 17.3. The normalized spacial score (nSPS) is 12.3. The van der Waals surface area contributed by atoms with E-state index in [1.165, 1.54) is 11.3 Å². The van der Waals surface area contributed by atoms with Crippen molar-refractivity contribution in [1.29, 1.82) is 0 Å². The Hall–Kier alpha value is -1.24. The molecule has 0 aliphatic rings. The number of thiophene rings is 1. The third kappa shape index (κ3) is 4.36. The zero-order valence-corrected chi connectivity index (χ0v) is 13.9. The molecule has 0 bridgehead atoms. The van der Waals surface area contributed by atoms with Crippen LogP contribution in [-0.4, -0.2) is 29.1 Å². The zero-order chi connectivity index (χ0) is 15.2. The van der Waals surface area contributed by atoms with Crippen molar-refractivity contribution in [2.75, 3.05) is 13.2 Å². The van der Waals surface area contributed by atoms with Crippen molar-refractivity contribution in [1.82, 2.24) is 10.3 Å². The highest BCUT2D eigenvalue weighted by Gasteiger charge is 2.16. The summed E-state index contributed by atoms with van der Waals surface area (Å²) in [5.74, 6) is 0.236. The van der Waals surface area contributed by atoms with Crippen molar-refractivity contribution in [3.8, 4) is 10.6 Å². The van der Waals surface area contributed by atoms with Gasteiger partial charge in [0.1, 0.15) is 9.88 Å². The molecule has 0 aliphatic carbocycles. The smallest absolute Gasteiger partial charge is 0.263 e. The van der Waals surface area contributed by atoms with Crippen molar-refractivity contribution in [2.24, 2.45) is 5.92 Å². The first-order valence-corrected chi connectivity index (χ1v) is 8.76. The largest absolute Gasteiger partial charge is 0.396 e. The number of hydrogen-bond acceptors (Lipinski definition) is 5. The molecule has 1 unspecified atom stereocenters. The lowest BCUT2D eigenvalue weighted by Gasteiger charge is -2.07. The summed E-state index contributed by atoms with van der Waals surface area (Å²) in [5, 5.41) is 16.8. The van der Waals surface area contributed by atoms with E-state index in [1.807, 2.05) is 30.7 Å². The Bertz CT molecular complexity index is 579. The Morgan fingerprint density at radius 1 is 1.52 bits per heavy atom. The molecule has 0 radical (unpaired) electrons. The first-order valence-electron chi connectivity index (χ1n) is 7.01. The van der Waals surface area contributed by atoms with Crippen LogP contribution in [0.25, 0.3) is 10.6 Å². The fraction of sp³-hybridized carbons (Fsp3) is 0.467. The molecule has 21 heavy (non-hydrogen) atoms. The molecule has 4 nitrogen and oxygen atoms in total. The second kappa shape index (κ2) is 7.68. The fourth-order valence-electron chi connectivity index (χ4n) is 1.94. The van der Waals surface area contributed by atoms with Crippen LogP contribution in [0.4, 0.5) is 0 Å². The number of nitrogens with zero attached hydrogens (tertiary/aromatic N) is 1. The van der Waals surface area contributed by atoms with Gasteiger partial charge in [0.15, 0.2) is 0 Å². The number of rotatable bonds is 7. The maximum atomic E-state index is 12.2. The van der Waals surface area contributed by atoms with Crippen molar-refractivity contribution in [3.63, 3.8) is 0 Å². The van der Waals surface area contributed by atoms with Gasteiger partial charge in [0.05, 0.1) is 5.69 Å². The van der Waals surface area contributed by atoms with Gasteiger partial charge in [0.2, 0.25) is 0 Å². The number of carbonyl (C=O) groups excluding carboxylic acids is 1. The Kier molecular flexibility index (Phi) is 5.90. The van der Waals surface area contributed by atoms with Crippen molar-refractivity contribution < 1.29 is 9.90 Å². The van der Waals surface area contributed by atoms with E-state index in [-0.39, 0.29) is 18.4 Å². The van der Waals surface area contributed by atoms with Crippen LogP contribution in [0.15, 0.2) is 16.8 Å². The molecular weight excluding hydrogens is 304 g/mol. The Labute approximate surface area is 132 Å². The molecule has 0 fully saturated rings. The summed E-state index contributed by atoms with van der Waals surface area (Å²) in [6, 6.07) is 2.01. The van der Waals surface area contributed by atoms with Crippen molar-refractivity contribution >= 4 is 28.6 Å². The van der Waals surface area contributed by atoms with Crippen LogP contribution in [0.1, 0.15) is 35.1 Å². The summed E-state index contributed by atoms with van der Waals surface area (Å²) in [5.41, 5.74) is 1.85. The van der Waals surface area contributed by atoms with Crippen LogP contribution in [-0.2, 0) is 0 Å². The first kappa shape index (κ1) is 16.1. The third-order valence-corrected chi connectivity index (χ3v) is 5.13. The molecule has 0 aromatic carbocycles. The summed E-state index contributed by atoms with van der Waals surface area (Å²) in [7, 11) is 0. The highest BCUT2D eigenvalue weighted by Crippen LogP contribution is 2.29. The van der Waals surface area contributed by atoms with Gasteiger partial charge in [0.25, 0.3) is 5.91 Å². The van der Waals surface area contributed by atoms with Crippen LogP contribution in [0.2, 0.25) is 0 Å². The third-order valence-electron chi connectivity index (χ3n) is 3.24. The predicted octanol–water partition coefficient (Wildman–Crippen LogP) is 3.32. The minimum Gasteiger partial charge on any atom is -0.396 e. The van der Waals surface area contributed by atoms with Crippen LogP contribution < -0.4 is 5.32 Å². The second-order valence-corrected chi connectivity index (χ2v) is 6.91. The predicted molar refractivity (Wildman–Crippen MR) is 88.0 cm³/mol. The number of nitrogens with one attached hydrogen (secondary N) is 1. The Morgan fingerprint density at radius 2 is 2.33 bits per heavy atom. The molecule has 2 aromatic heterocycles. The quantitative estimate of drug-likeness (QED) is 0.768. The molecule has 0 saturated heterocycles. The molecule has 2 aromatic rings. The van der Waals surface area contributed by atoms with Gasteiger partial charge in [-0.15, -0.1) is 11.3 Å². The van der Waals surface area contributed by atoms with Crippen LogP contribution in [0, 0.1) is 12.8 Å². The minimum absolute atomic E-state index is 0.0527. The molecule has 2 rings (SSSR count). The lowest BCUT2D eigenvalue weighted by molar-refractivity contribution is 0.0955. The van der Waals surface area contributed by atoms with E-state index in [0.29, 0.717) is 11.4 Å². The molecule has 2 heterocycles. The van der Waals surface area contributed by atoms with E-state index in [0.717, 1.165) is 29.1 Å². The van der Waals surface area contributed by atoms with E-state index in [9.17, 15) is 4.79 Å². The SMILES string of the molecule is Cc1nc(-c2ccsc2)sc1C(=O)NCCCC(C)CO. The van der Waals surface area contributed by atoms with Gasteiger partial charge >= 0.3 is 0 Å². The summed E-state index contributed by atoms with van der Waals surface area (Å²) in [6.45, 7) is 4.71. The number of aliphatic hydroxyl groups excluding tert-OH is 1. The average Bonchev–Trinajstić information content (AvgIpc) is 3.12. The van der Waals surface area contributed by atoms with Gasteiger partial charge in [-0.05, 0) is 37.1 Å². The minimum atomic E-state index is -0.0527. The molecular formula is C15H20N2O2S2. The number of aryl methyl sites for hydroxylation is 1. The Morgan fingerprint density at radius 3 is 3.00 bits per heavy atom. The van der Waals surface area contributed by atoms with Crippen LogP contribution >= 0.6 is 22.7 Å². The number of aliphatic hydroxyl groups is 1. The zero-order valence-electron chi connectivity index (χ0n) is 12.3. The molecule has 114 valence electrons. The van der Waals surface area contributed by atoms with Gasteiger partial charge in [-0.1, -0.05) is 6.92 Å². The summed E-state index contributed by atoms with van der Waals surface area (Å²) < 4.78 is 0. The van der Waals surface area contributed by atoms with Gasteiger partial charge in [-0.3, -0.25) is 4.79 Å². The number of aromatic nitrogens is 1. The topological polar surface area (TPSA) is 62.2 Å². The highest BCUT2D eigenvalue weighted by atomic mass is 32.1. The Balaban J connectivity index is 1.91. The summed E-state index contributed by atoms with van der Waals surface area (Å²) in [6.07, 6.45) is 1.79. The standard InChI is InChI=1S/C15H20N2O2S2/c1-10(8-18)4-3-6-16-14(19)13-11(2)17-15(21-13)12-5-7-20-9-12/h5,7,9-10,18H,3-4,6,8H2,1-2H3,(H,16,19). The van der Waals surface area contributed by atoms with Crippen LogP contribution in [0.3, 0.4) is 0 Å². The lowest BCUT2D eigenvalue weighted by Crippen LogP contribution is -2.24. The lowest BCUT2D eigenvalue weighted by atomic mass is 10.1. The van der Waals surface area contributed by atoms with E-state index in [4.69, 9.17) is 5.11 Å². The van der Waals surface area contributed by atoms with Gasteiger partial charge in [-0.25, -0.2) is 4.98 Å². The molecule has 1 amide bonds. The van der Waals surface area contributed by atoms with Gasteiger partial charge in [0, 0.05) is 24.1 Å². The van der Waals surface area contributed by atoms with E-state index in [1.54, 1.807) is 11.3 Å². The molecule has 1 atom stereocenters. The first-order chi connectivity index (χ1) is 10.1. The summed E-state index contributed by atoms with van der Waals surface area (Å²) >= 11 is 3.06. The molecule has 0 spiro atoms. The number of hydrogen-bond donors (Lipinski definition) is 2. The number of carbonyl (C=O) groups is 1. The maximum Gasteiger partial charge on any atom is 0.263 e. The molecule has 6 heteroatoms. The average molecular weight is 324 g/mol. The van der Waals surface area contributed by atoms with Crippen molar-refractivity contribution in [3.05, 3.63) is 27.4 Å². The van der Waals surface area contributed by atoms with E-state index >= 15 is 0 Å². The fourth-order valence-corrected chi connectivity index (χ4v) is 3.63. The maximum absolute atomic E-state index is 12.2. The highest BCUT2D eigenvalue weighted by molar-refractivity contribution is 7.17. The van der Waals surface area contributed by atoms with E-state index in [2.05, 4.69) is 10.3 Å². The van der Waals surface area contributed by atoms with E-state index < -0.39 is 0 Å². The second-order valence-electron chi connectivity index (χ2n) is 5.13. The molecule has 0 aliphatic heterocycles.